The summed E-state index contributed by atoms with van der Waals surface area (Å²) in [7, 11) is 3.93. The number of hydrogen-bond donors (Lipinski definition) is 3. The van der Waals surface area contributed by atoms with Crippen LogP contribution in [0, 0.1) is 18.3 Å². The van der Waals surface area contributed by atoms with E-state index in [1.54, 1.807) is 7.11 Å². The lowest BCUT2D eigenvalue weighted by Crippen LogP contribution is -2.52. The number of nitrogens with zero attached hydrogens (tertiary/aromatic N) is 4. The molecular formula is C34H56N6O2. The number of methoxy groups -OCH3 is 1. The number of ether oxygens (including phenoxy) is 1. The van der Waals surface area contributed by atoms with Gasteiger partial charge in [0, 0.05) is 56.6 Å². The Labute approximate surface area is 254 Å². The summed E-state index contributed by atoms with van der Waals surface area (Å²) in [6.07, 6.45) is 18.6. The van der Waals surface area contributed by atoms with Gasteiger partial charge in [0.2, 0.25) is 0 Å². The van der Waals surface area contributed by atoms with E-state index in [-0.39, 0.29) is 11.5 Å². The summed E-state index contributed by atoms with van der Waals surface area (Å²) in [4.78, 5) is 4.88. The minimum atomic E-state index is -0.803. The fourth-order valence-corrected chi connectivity index (χ4v) is 7.62. The Balaban J connectivity index is 1.21. The average molecular weight is 581 g/mol. The predicted octanol–water partition coefficient (Wildman–Crippen LogP) is 5.18. The van der Waals surface area contributed by atoms with E-state index in [0.29, 0.717) is 12.1 Å². The fourth-order valence-electron chi connectivity index (χ4n) is 7.62. The zero-order chi connectivity index (χ0) is 29.9. The Bertz CT molecular complexity index is 1140. The number of allylic oxidation sites excluding steroid dienone is 3. The van der Waals surface area contributed by atoms with Crippen LogP contribution in [-0.2, 0) is 4.74 Å². The van der Waals surface area contributed by atoms with Crippen molar-refractivity contribution in [3.8, 4) is 0 Å². The van der Waals surface area contributed by atoms with Gasteiger partial charge in [0.05, 0.1) is 18.5 Å². The summed E-state index contributed by atoms with van der Waals surface area (Å²) in [5.41, 5.74) is 4.73. The van der Waals surface area contributed by atoms with Gasteiger partial charge in [0.1, 0.15) is 5.82 Å². The SMILES string of the molecule is CC[C@H]1N[C@@H](C2(C)CCC(N(CC)CCOC)CC2)CCC=C1NC(O)c1cnn(C2=CC=C(C3CC3)CN2C)c1C. The van der Waals surface area contributed by atoms with Gasteiger partial charge in [-0.3, -0.25) is 4.90 Å². The highest BCUT2D eigenvalue weighted by Crippen LogP contribution is 2.43. The fraction of sp³-hybridized carbons (Fsp3) is 0.735. The first kappa shape index (κ1) is 31.3. The zero-order valence-corrected chi connectivity index (χ0v) is 27.0. The molecule has 8 heteroatoms. The second kappa shape index (κ2) is 13.7. The van der Waals surface area contributed by atoms with Gasteiger partial charge in [-0.25, -0.2) is 4.68 Å². The van der Waals surface area contributed by atoms with Crippen molar-refractivity contribution in [2.24, 2.45) is 11.3 Å². The van der Waals surface area contributed by atoms with Crippen LogP contribution in [0.2, 0.25) is 0 Å². The Morgan fingerprint density at radius 3 is 2.60 bits per heavy atom. The number of aliphatic hydroxyl groups excluding tert-OH is 1. The van der Waals surface area contributed by atoms with Crippen molar-refractivity contribution in [1.82, 2.24) is 30.2 Å². The molecule has 42 heavy (non-hydrogen) atoms. The number of rotatable bonds is 12. The molecule has 0 spiro atoms. The second-order valence-corrected chi connectivity index (χ2v) is 13.5. The normalized spacial score (nSPS) is 29.6. The molecule has 0 saturated heterocycles. The highest BCUT2D eigenvalue weighted by Gasteiger charge is 2.40. The average Bonchev–Trinajstić information content (AvgIpc) is 3.80. The third-order valence-corrected chi connectivity index (χ3v) is 10.7. The van der Waals surface area contributed by atoms with Crippen LogP contribution < -0.4 is 10.6 Å². The summed E-state index contributed by atoms with van der Waals surface area (Å²) in [5.74, 6) is 1.83. The van der Waals surface area contributed by atoms with Gasteiger partial charge in [-0.1, -0.05) is 32.9 Å². The maximum atomic E-state index is 11.4. The highest BCUT2D eigenvalue weighted by molar-refractivity contribution is 5.52. The molecule has 5 rings (SSSR count). The lowest BCUT2D eigenvalue weighted by Gasteiger charge is -2.46. The van der Waals surface area contributed by atoms with Crippen molar-refractivity contribution in [2.75, 3.05) is 40.4 Å². The van der Waals surface area contributed by atoms with Crippen molar-refractivity contribution >= 4 is 5.82 Å². The van der Waals surface area contributed by atoms with E-state index in [0.717, 1.165) is 74.2 Å². The first-order chi connectivity index (χ1) is 20.3. The summed E-state index contributed by atoms with van der Waals surface area (Å²) >= 11 is 0. The van der Waals surface area contributed by atoms with E-state index in [1.165, 1.54) is 44.1 Å². The molecule has 2 saturated carbocycles. The number of hydrogen-bond acceptors (Lipinski definition) is 7. The largest absolute Gasteiger partial charge is 0.383 e. The number of nitrogens with one attached hydrogen (secondary N) is 2. The molecule has 0 bridgehead atoms. The quantitative estimate of drug-likeness (QED) is 0.294. The van der Waals surface area contributed by atoms with Crippen molar-refractivity contribution in [3.63, 3.8) is 0 Å². The summed E-state index contributed by atoms with van der Waals surface area (Å²) in [6, 6.07) is 1.34. The van der Waals surface area contributed by atoms with E-state index in [4.69, 9.17) is 9.84 Å². The van der Waals surface area contributed by atoms with Crippen LogP contribution in [0.4, 0.5) is 0 Å². The molecule has 4 aliphatic rings. The molecule has 0 aromatic carbocycles. The van der Waals surface area contributed by atoms with Gasteiger partial charge in [-0.05, 0) is 94.2 Å². The Kier molecular flexibility index (Phi) is 10.2. The smallest absolute Gasteiger partial charge is 0.153 e. The van der Waals surface area contributed by atoms with E-state index < -0.39 is 6.23 Å². The zero-order valence-electron chi connectivity index (χ0n) is 27.0. The third-order valence-electron chi connectivity index (χ3n) is 10.7. The van der Waals surface area contributed by atoms with Crippen LogP contribution in [0.1, 0.15) is 96.0 Å². The monoisotopic (exact) mass is 580 g/mol. The molecule has 2 fully saturated rings. The lowest BCUT2D eigenvalue weighted by molar-refractivity contribution is 0.0545. The standard InChI is InChI=1S/C34H56N6O2/c1-7-29-30(10-9-11-31(36-29)34(4)18-16-27(17-19-34)39(8-2)20-21-42-6)37-33(41)28-22-35-40(24(28)3)32-15-14-26(23-38(32)5)25-12-13-25/h10,14-15,22,25,27,29,31,33,36-37,41H,7-9,11-13,16-21,23H2,1-6H3/t27?,29-,31-,33?,34?/m1/s1. The maximum absolute atomic E-state index is 11.4. The molecule has 8 nitrogen and oxygen atoms in total. The summed E-state index contributed by atoms with van der Waals surface area (Å²) < 4.78 is 7.34. The van der Waals surface area contributed by atoms with Crippen LogP contribution in [0.3, 0.4) is 0 Å². The highest BCUT2D eigenvalue weighted by atomic mass is 16.5. The summed E-state index contributed by atoms with van der Waals surface area (Å²) in [6.45, 7) is 13.0. The maximum Gasteiger partial charge on any atom is 0.153 e. The first-order valence-corrected chi connectivity index (χ1v) is 16.6. The van der Waals surface area contributed by atoms with Crippen LogP contribution >= 0.6 is 0 Å². The van der Waals surface area contributed by atoms with Crippen molar-refractivity contribution in [1.29, 1.82) is 0 Å². The molecule has 2 aliphatic carbocycles. The lowest BCUT2D eigenvalue weighted by atomic mass is 9.67. The number of aromatic nitrogens is 2. The molecule has 1 unspecified atom stereocenters. The Hall–Kier alpha value is -2.13. The molecule has 3 heterocycles. The van der Waals surface area contributed by atoms with Crippen molar-refractivity contribution < 1.29 is 9.84 Å². The molecule has 0 radical (unpaired) electrons. The first-order valence-electron chi connectivity index (χ1n) is 16.6. The van der Waals surface area contributed by atoms with Crippen molar-refractivity contribution in [3.05, 3.63) is 47.0 Å². The summed E-state index contributed by atoms with van der Waals surface area (Å²) in [5, 5.41) is 23.7. The van der Waals surface area contributed by atoms with E-state index >= 15 is 0 Å². The molecule has 0 amide bonds. The van der Waals surface area contributed by atoms with E-state index in [2.05, 4.69) is 73.4 Å². The minimum absolute atomic E-state index is 0.198. The molecule has 3 atom stereocenters. The van der Waals surface area contributed by atoms with Gasteiger partial charge in [-0.2, -0.15) is 5.10 Å². The molecule has 2 aliphatic heterocycles. The van der Waals surface area contributed by atoms with Gasteiger partial charge in [0.25, 0.3) is 0 Å². The Morgan fingerprint density at radius 1 is 1.19 bits per heavy atom. The minimum Gasteiger partial charge on any atom is -0.383 e. The molecule has 1 aromatic heterocycles. The van der Waals surface area contributed by atoms with E-state index in [9.17, 15) is 5.11 Å². The van der Waals surface area contributed by atoms with Crippen LogP contribution in [-0.4, -0.2) is 83.2 Å². The van der Waals surface area contributed by atoms with Gasteiger partial charge in [-0.15, -0.1) is 0 Å². The topological polar surface area (TPSA) is 77.8 Å². The molecule has 3 N–H and O–H groups in total. The third kappa shape index (κ3) is 6.82. The van der Waals surface area contributed by atoms with Crippen LogP contribution in [0.15, 0.2) is 35.7 Å². The second-order valence-electron chi connectivity index (χ2n) is 13.5. The van der Waals surface area contributed by atoms with Gasteiger partial charge < -0.3 is 25.4 Å². The number of aliphatic hydroxyl groups is 1. The Morgan fingerprint density at radius 2 is 1.95 bits per heavy atom. The number of likely N-dealkylation sites (N-methyl/N-ethyl adjacent to an activating group) is 2. The molecule has 234 valence electrons. The van der Waals surface area contributed by atoms with Crippen LogP contribution in [0.5, 0.6) is 0 Å². The van der Waals surface area contributed by atoms with Gasteiger partial charge >= 0.3 is 0 Å². The van der Waals surface area contributed by atoms with Crippen LogP contribution in [0.25, 0.3) is 5.82 Å². The van der Waals surface area contributed by atoms with Crippen molar-refractivity contribution in [2.45, 2.75) is 110 Å². The predicted molar refractivity (Wildman–Crippen MR) is 171 cm³/mol. The van der Waals surface area contributed by atoms with Gasteiger partial charge in [0.15, 0.2) is 6.23 Å². The molecule has 1 aromatic rings. The van der Waals surface area contributed by atoms with E-state index in [1.807, 2.05) is 10.9 Å². The molecular weight excluding hydrogens is 524 g/mol.